The topological polar surface area (TPSA) is 50.9 Å². The standard InChI is InChI=1S/C16H13Br2N3/c17-11-7-10(8-12(18)9-11)16(21-19)14-3-1-5-15-13(14)4-2-6-20-15/h1-9,16,21H,19H2. The number of hydrazine groups is 1. The Morgan fingerprint density at radius 3 is 2.48 bits per heavy atom. The van der Waals surface area contributed by atoms with Crippen LogP contribution in [0.2, 0.25) is 0 Å². The summed E-state index contributed by atoms with van der Waals surface area (Å²) in [6, 6.07) is 16.1. The Morgan fingerprint density at radius 1 is 1.00 bits per heavy atom. The molecule has 0 aliphatic heterocycles. The first-order valence-corrected chi connectivity index (χ1v) is 8.03. The lowest BCUT2D eigenvalue weighted by atomic mass is 9.96. The predicted octanol–water partition coefficient (Wildman–Crippen LogP) is 4.31. The third-order valence-electron chi connectivity index (χ3n) is 3.38. The van der Waals surface area contributed by atoms with Crippen LogP contribution >= 0.6 is 31.9 Å². The van der Waals surface area contributed by atoms with E-state index in [-0.39, 0.29) is 6.04 Å². The van der Waals surface area contributed by atoms with Crippen LogP contribution in [0, 0.1) is 0 Å². The summed E-state index contributed by atoms with van der Waals surface area (Å²) in [6.07, 6.45) is 1.80. The molecule has 3 aromatic rings. The van der Waals surface area contributed by atoms with Gasteiger partial charge in [0.1, 0.15) is 0 Å². The molecule has 0 spiro atoms. The molecule has 2 aromatic carbocycles. The van der Waals surface area contributed by atoms with E-state index in [1.54, 1.807) is 6.20 Å². The zero-order valence-electron chi connectivity index (χ0n) is 11.1. The molecule has 0 aliphatic rings. The minimum Gasteiger partial charge on any atom is -0.271 e. The normalized spacial score (nSPS) is 12.5. The van der Waals surface area contributed by atoms with Crippen LogP contribution in [0.1, 0.15) is 17.2 Å². The monoisotopic (exact) mass is 405 g/mol. The van der Waals surface area contributed by atoms with E-state index >= 15 is 0 Å². The maximum atomic E-state index is 5.83. The average molecular weight is 407 g/mol. The molecular formula is C16H13Br2N3. The molecule has 0 bridgehead atoms. The van der Waals surface area contributed by atoms with Crippen LogP contribution in [0.3, 0.4) is 0 Å². The zero-order valence-corrected chi connectivity index (χ0v) is 14.2. The van der Waals surface area contributed by atoms with Crippen LogP contribution in [-0.2, 0) is 0 Å². The second-order valence-electron chi connectivity index (χ2n) is 4.72. The number of hydrogen-bond donors (Lipinski definition) is 2. The summed E-state index contributed by atoms with van der Waals surface area (Å²) in [5.74, 6) is 5.83. The van der Waals surface area contributed by atoms with Crippen LogP contribution in [-0.4, -0.2) is 4.98 Å². The molecule has 0 amide bonds. The van der Waals surface area contributed by atoms with E-state index in [9.17, 15) is 0 Å². The number of nitrogens with two attached hydrogens (primary N) is 1. The Morgan fingerprint density at radius 2 is 1.76 bits per heavy atom. The number of pyridine rings is 1. The minimum atomic E-state index is -0.105. The van der Waals surface area contributed by atoms with Gasteiger partial charge in [0.15, 0.2) is 0 Å². The Kier molecular flexibility index (Phi) is 4.35. The first-order chi connectivity index (χ1) is 10.2. The summed E-state index contributed by atoms with van der Waals surface area (Å²) in [5.41, 5.74) is 6.06. The smallest absolute Gasteiger partial charge is 0.0717 e. The van der Waals surface area contributed by atoms with Gasteiger partial charge in [-0.2, -0.15) is 0 Å². The zero-order chi connectivity index (χ0) is 14.8. The van der Waals surface area contributed by atoms with E-state index in [2.05, 4.69) is 66.5 Å². The second-order valence-corrected chi connectivity index (χ2v) is 6.55. The lowest BCUT2D eigenvalue weighted by Gasteiger charge is -2.19. The highest BCUT2D eigenvalue weighted by atomic mass is 79.9. The quantitative estimate of drug-likeness (QED) is 0.503. The number of nitrogens with zero attached hydrogens (tertiary/aromatic N) is 1. The molecule has 0 aliphatic carbocycles. The van der Waals surface area contributed by atoms with Gasteiger partial charge >= 0.3 is 0 Å². The number of hydrogen-bond acceptors (Lipinski definition) is 3. The van der Waals surface area contributed by atoms with Gasteiger partial charge in [0, 0.05) is 20.5 Å². The molecule has 0 radical (unpaired) electrons. The second kappa shape index (κ2) is 6.23. The molecule has 1 atom stereocenters. The van der Waals surface area contributed by atoms with Crippen molar-refractivity contribution in [3.63, 3.8) is 0 Å². The van der Waals surface area contributed by atoms with E-state index in [0.717, 1.165) is 31.0 Å². The molecule has 106 valence electrons. The van der Waals surface area contributed by atoms with E-state index in [1.165, 1.54) is 0 Å². The number of rotatable bonds is 3. The summed E-state index contributed by atoms with van der Waals surface area (Å²) in [5, 5.41) is 1.10. The summed E-state index contributed by atoms with van der Waals surface area (Å²) < 4.78 is 2.01. The number of aromatic nitrogens is 1. The van der Waals surface area contributed by atoms with Gasteiger partial charge in [-0.3, -0.25) is 10.8 Å². The highest BCUT2D eigenvalue weighted by Gasteiger charge is 2.16. The first-order valence-electron chi connectivity index (χ1n) is 6.45. The molecule has 1 aromatic heterocycles. The lowest BCUT2D eigenvalue weighted by molar-refractivity contribution is 0.640. The first kappa shape index (κ1) is 14.7. The summed E-state index contributed by atoms with van der Waals surface area (Å²) >= 11 is 7.04. The molecule has 0 fully saturated rings. The van der Waals surface area contributed by atoms with E-state index in [0.29, 0.717) is 0 Å². The van der Waals surface area contributed by atoms with Crippen molar-refractivity contribution in [3.8, 4) is 0 Å². The maximum absolute atomic E-state index is 5.83. The fourth-order valence-electron chi connectivity index (χ4n) is 2.49. The molecule has 1 unspecified atom stereocenters. The van der Waals surface area contributed by atoms with Gasteiger partial charge in [-0.15, -0.1) is 0 Å². The Bertz CT molecular complexity index is 764. The minimum absolute atomic E-state index is 0.105. The maximum Gasteiger partial charge on any atom is 0.0717 e. The summed E-state index contributed by atoms with van der Waals surface area (Å²) in [4.78, 5) is 4.40. The van der Waals surface area contributed by atoms with E-state index in [4.69, 9.17) is 5.84 Å². The van der Waals surface area contributed by atoms with Gasteiger partial charge in [0.2, 0.25) is 0 Å². The van der Waals surface area contributed by atoms with Crippen molar-refractivity contribution in [2.24, 2.45) is 5.84 Å². The van der Waals surface area contributed by atoms with Gasteiger partial charge < -0.3 is 0 Å². The van der Waals surface area contributed by atoms with Crippen molar-refractivity contribution in [1.82, 2.24) is 10.4 Å². The van der Waals surface area contributed by atoms with Crippen LogP contribution in [0.5, 0.6) is 0 Å². The molecule has 5 heteroatoms. The molecule has 1 heterocycles. The van der Waals surface area contributed by atoms with Gasteiger partial charge in [0.05, 0.1) is 11.6 Å². The summed E-state index contributed by atoms with van der Waals surface area (Å²) in [6.45, 7) is 0. The third kappa shape index (κ3) is 3.01. The number of nitrogens with one attached hydrogen (secondary N) is 1. The highest BCUT2D eigenvalue weighted by molar-refractivity contribution is 9.11. The Labute approximate surface area is 139 Å². The molecular weight excluding hydrogens is 394 g/mol. The van der Waals surface area contributed by atoms with Crippen molar-refractivity contribution in [3.05, 3.63) is 74.8 Å². The van der Waals surface area contributed by atoms with Crippen LogP contribution in [0.25, 0.3) is 10.9 Å². The number of benzene rings is 2. The van der Waals surface area contributed by atoms with Crippen molar-refractivity contribution in [1.29, 1.82) is 0 Å². The number of fused-ring (bicyclic) bond motifs is 1. The van der Waals surface area contributed by atoms with Gasteiger partial charge in [-0.1, -0.05) is 50.1 Å². The molecule has 3 nitrogen and oxygen atoms in total. The Hall–Kier alpha value is -1.27. The molecule has 0 saturated carbocycles. The van der Waals surface area contributed by atoms with E-state index < -0.39 is 0 Å². The van der Waals surface area contributed by atoms with Crippen molar-refractivity contribution in [2.75, 3.05) is 0 Å². The fourth-order valence-corrected chi connectivity index (χ4v) is 3.82. The van der Waals surface area contributed by atoms with Gasteiger partial charge in [-0.25, -0.2) is 5.43 Å². The van der Waals surface area contributed by atoms with E-state index in [1.807, 2.05) is 24.3 Å². The largest absolute Gasteiger partial charge is 0.271 e. The van der Waals surface area contributed by atoms with Gasteiger partial charge in [0.25, 0.3) is 0 Å². The van der Waals surface area contributed by atoms with Gasteiger partial charge in [-0.05, 0) is 41.5 Å². The fraction of sp³-hybridized carbons (Fsp3) is 0.0625. The highest BCUT2D eigenvalue weighted by Crippen LogP contribution is 2.31. The molecule has 3 rings (SSSR count). The predicted molar refractivity (Wildman–Crippen MR) is 92.8 cm³/mol. The van der Waals surface area contributed by atoms with Crippen LogP contribution < -0.4 is 11.3 Å². The molecule has 3 N–H and O–H groups in total. The molecule has 0 saturated heterocycles. The van der Waals surface area contributed by atoms with Crippen molar-refractivity contribution >= 4 is 42.8 Å². The lowest BCUT2D eigenvalue weighted by Crippen LogP contribution is -2.29. The van der Waals surface area contributed by atoms with Crippen LogP contribution in [0.15, 0.2) is 63.7 Å². The third-order valence-corrected chi connectivity index (χ3v) is 4.29. The van der Waals surface area contributed by atoms with Crippen molar-refractivity contribution < 1.29 is 0 Å². The van der Waals surface area contributed by atoms with Crippen molar-refractivity contribution in [2.45, 2.75) is 6.04 Å². The Balaban J connectivity index is 2.18. The molecule has 21 heavy (non-hydrogen) atoms. The SMILES string of the molecule is NNC(c1cc(Br)cc(Br)c1)c1cccc2ncccc12. The number of halogens is 2. The average Bonchev–Trinajstić information content (AvgIpc) is 2.47. The summed E-state index contributed by atoms with van der Waals surface area (Å²) in [7, 11) is 0. The van der Waals surface area contributed by atoms with Crippen LogP contribution in [0.4, 0.5) is 0 Å².